The van der Waals surface area contributed by atoms with Crippen molar-refractivity contribution in [2.24, 2.45) is 0 Å². The second-order valence-corrected chi connectivity index (χ2v) is 6.42. The summed E-state index contributed by atoms with van der Waals surface area (Å²) in [6.07, 6.45) is -0.125. The molecule has 0 saturated carbocycles. The Morgan fingerprint density at radius 1 is 1.24 bits per heavy atom. The Morgan fingerprint density at radius 3 is 2.29 bits per heavy atom. The molecule has 0 bridgehead atoms. The summed E-state index contributed by atoms with van der Waals surface area (Å²) in [6.45, 7) is 7.70. The second-order valence-electron chi connectivity index (χ2n) is 6.42. The van der Waals surface area contributed by atoms with Crippen LogP contribution in [0.4, 0.5) is 0 Å². The van der Waals surface area contributed by atoms with Crippen molar-refractivity contribution in [3.8, 4) is 5.75 Å². The summed E-state index contributed by atoms with van der Waals surface area (Å²) in [5.41, 5.74) is -0.355. The molecular formula is C15H21BO5. The van der Waals surface area contributed by atoms with E-state index in [0.717, 1.165) is 0 Å². The third-order valence-electron chi connectivity index (χ3n) is 4.29. The predicted molar refractivity (Wildman–Crippen MR) is 79.2 cm³/mol. The third kappa shape index (κ3) is 3.22. The lowest BCUT2D eigenvalue weighted by molar-refractivity contribution is -0.137. The van der Waals surface area contributed by atoms with Gasteiger partial charge in [0, 0.05) is 5.82 Å². The van der Waals surface area contributed by atoms with Gasteiger partial charge in [0.15, 0.2) is 0 Å². The number of aromatic hydroxyl groups is 1. The van der Waals surface area contributed by atoms with Crippen molar-refractivity contribution in [2.75, 3.05) is 0 Å². The van der Waals surface area contributed by atoms with Crippen LogP contribution < -0.4 is 0 Å². The molecule has 1 atom stereocenters. The number of carboxylic acids is 1. The van der Waals surface area contributed by atoms with Gasteiger partial charge in [0.25, 0.3) is 0 Å². The molecule has 0 radical (unpaired) electrons. The minimum Gasteiger partial charge on any atom is -0.508 e. The topological polar surface area (TPSA) is 76.0 Å². The number of phenolic OH excluding ortho intramolecular Hbond substituents is 1. The molecule has 21 heavy (non-hydrogen) atoms. The van der Waals surface area contributed by atoms with E-state index in [1.54, 1.807) is 24.3 Å². The van der Waals surface area contributed by atoms with Crippen LogP contribution in [0, 0.1) is 0 Å². The lowest BCUT2D eigenvalue weighted by atomic mass is 9.66. The summed E-state index contributed by atoms with van der Waals surface area (Å²) >= 11 is 0. The minimum absolute atomic E-state index is 0.0967. The molecule has 1 heterocycles. The molecule has 6 heteroatoms. The Labute approximate surface area is 125 Å². The zero-order chi connectivity index (χ0) is 15.8. The highest BCUT2D eigenvalue weighted by atomic mass is 16.7. The van der Waals surface area contributed by atoms with E-state index < -0.39 is 30.1 Å². The summed E-state index contributed by atoms with van der Waals surface area (Å²) in [4.78, 5) is 11.2. The molecule has 1 aromatic carbocycles. The monoisotopic (exact) mass is 292 g/mol. The molecule has 1 fully saturated rings. The quantitative estimate of drug-likeness (QED) is 0.834. The van der Waals surface area contributed by atoms with Crippen LogP contribution in [-0.4, -0.2) is 34.5 Å². The molecular weight excluding hydrogens is 271 g/mol. The van der Waals surface area contributed by atoms with E-state index in [1.165, 1.54) is 0 Å². The Bertz CT molecular complexity index is 525. The van der Waals surface area contributed by atoms with Crippen LogP contribution >= 0.6 is 0 Å². The van der Waals surface area contributed by atoms with Gasteiger partial charge in [-0.15, -0.1) is 0 Å². The summed E-state index contributed by atoms with van der Waals surface area (Å²) in [5.74, 6) is -1.31. The van der Waals surface area contributed by atoms with Gasteiger partial charge in [0.1, 0.15) is 5.75 Å². The van der Waals surface area contributed by atoms with Gasteiger partial charge >= 0.3 is 13.1 Å². The van der Waals surface area contributed by atoms with Crippen molar-refractivity contribution in [2.45, 2.75) is 51.1 Å². The summed E-state index contributed by atoms with van der Waals surface area (Å²) in [7, 11) is -0.659. The first-order valence-electron chi connectivity index (χ1n) is 6.99. The van der Waals surface area contributed by atoms with Crippen LogP contribution in [-0.2, 0) is 14.1 Å². The molecule has 2 N–H and O–H groups in total. The van der Waals surface area contributed by atoms with Gasteiger partial charge in [-0.3, -0.25) is 4.79 Å². The summed E-state index contributed by atoms with van der Waals surface area (Å²) in [5, 5.41) is 18.8. The van der Waals surface area contributed by atoms with Gasteiger partial charge in [0.05, 0.1) is 17.6 Å². The number of hydrogen-bond acceptors (Lipinski definition) is 4. The maximum absolute atomic E-state index is 11.2. The maximum Gasteiger partial charge on any atom is 0.466 e. The molecule has 0 aliphatic carbocycles. The van der Waals surface area contributed by atoms with Crippen LogP contribution in [0.2, 0.25) is 0 Å². The van der Waals surface area contributed by atoms with E-state index in [4.69, 9.17) is 14.4 Å². The van der Waals surface area contributed by atoms with Gasteiger partial charge < -0.3 is 19.5 Å². The Kier molecular flexibility index (Phi) is 4.04. The average Bonchev–Trinajstić information content (AvgIpc) is 2.55. The molecule has 1 unspecified atom stereocenters. The first kappa shape index (κ1) is 15.9. The highest BCUT2D eigenvalue weighted by Crippen LogP contribution is 2.42. The molecule has 0 spiro atoms. The molecule has 0 amide bonds. The van der Waals surface area contributed by atoms with Crippen molar-refractivity contribution in [1.82, 2.24) is 0 Å². The lowest BCUT2D eigenvalue weighted by Crippen LogP contribution is -2.41. The normalized spacial score (nSPS) is 21.2. The van der Waals surface area contributed by atoms with Crippen molar-refractivity contribution >= 4 is 13.1 Å². The van der Waals surface area contributed by atoms with Crippen molar-refractivity contribution in [3.63, 3.8) is 0 Å². The van der Waals surface area contributed by atoms with Crippen LogP contribution in [0.5, 0.6) is 5.75 Å². The number of rotatable bonds is 4. The number of aliphatic carboxylic acids is 1. The molecule has 5 nitrogen and oxygen atoms in total. The fraction of sp³-hybridized carbons (Fsp3) is 0.533. The van der Waals surface area contributed by atoms with Gasteiger partial charge in [-0.05, 0) is 45.4 Å². The van der Waals surface area contributed by atoms with Crippen molar-refractivity contribution < 1.29 is 24.3 Å². The standard InChI is InChI=1S/C15H21BO5/c1-14(2)15(3,4)21-16(20-14)12(9-13(18)19)10-6-5-7-11(17)8-10/h5-8,12,17H,9H2,1-4H3,(H,18,19). The van der Waals surface area contributed by atoms with Crippen LogP contribution in [0.3, 0.4) is 0 Å². The lowest BCUT2D eigenvalue weighted by Gasteiger charge is -2.32. The highest BCUT2D eigenvalue weighted by molar-refractivity contribution is 6.48. The second kappa shape index (κ2) is 5.35. The van der Waals surface area contributed by atoms with Gasteiger partial charge in [0.2, 0.25) is 0 Å². The van der Waals surface area contributed by atoms with Crippen LogP contribution in [0.25, 0.3) is 0 Å². The highest BCUT2D eigenvalue weighted by Gasteiger charge is 2.54. The molecule has 1 aliphatic heterocycles. The third-order valence-corrected chi connectivity index (χ3v) is 4.29. The first-order valence-corrected chi connectivity index (χ1v) is 6.99. The van der Waals surface area contributed by atoms with Crippen molar-refractivity contribution in [1.29, 1.82) is 0 Å². The number of hydrogen-bond donors (Lipinski definition) is 2. The molecule has 1 aromatic rings. The number of benzene rings is 1. The van der Waals surface area contributed by atoms with Gasteiger partial charge in [-0.2, -0.15) is 0 Å². The fourth-order valence-corrected chi connectivity index (χ4v) is 2.37. The Balaban J connectivity index is 2.32. The van der Waals surface area contributed by atoms with Crippen LogP contribution in [0.15, 0.2) is 24.3 Å². The first-order chi connectivity index (χ1) is 9.62. The number of carbonyl (C=O) groups is 1. The Hall–Kier alpha value is -1.53. The summed E-state index contributed by atoms with van der Waals surface area (Å²) in [6, 6.07) is 6.56. The van der Waals surface area contributed by atoms with Crippen molar-refractivity contribution in [3.05, 3.63) is 29.8 Å². The summed E-state index contributed by atoms with van der Waals surface area (Å²) < 4.78 is 11.9. The van der Waals surface area contributed by atoms with E-state index in [1.807, 2.05) is 27.7 Å². The fourth-order valence-electron chi connectivity index (χ4n) is 2.37. The molecule has 1 saturated heterocycles. The largest absolute Gasteiger partial charge is 0.508 e. The van der Waals surface area contributed by atoms with Crippen LogP contribution in [0.1, 0.15) is 45.5 Å². The van der Waals surface area contributed by atoms with E-state index in [0.29, 0.717) is 5.56 Å². The smallest absolute Gasteiger partial charge is 0.466 e. The van der Waals surface area contributed by atoms with E-state index >= 15 is 0 Å². The van der Waals surface area contributed by atoms with E-state index in [2.05, 4.69) is 0 Å². The zero-order valence-corrected chi connectivity index (χ0v) is 12.8. The molecule has 0 aromatic heterocycles. The predicted octanol–water partition coefficient (Wildman–Crippen LogP) is 2.58. The molecule has 2 rings (SSSR count). The average molecular weight is 292 g/mol. The van der Waals surface area contributed by atoms with E-state index in [9.17, 15) is 9.90 Å². The van der Waals surface area contributed by atoms with Gasteiger partial charge in [-0.1, -0.05) is 12.1 Å². The number of carboxylic acid groups (broad SMARTS) is 1. The van der Waals surface area contributed by atoms with E-state index in [-0.39, 0.29) is 12.2 Å². The minimum atomic E-state index is -0.932. The maximum atomic E-state index is 11.2. The Morgan fingerprint density at radius 2 is 1.81 bits per heavy atom. The molecule has 114 valence electrons. The van der Waals surface area contributed by atoms with Gasteiger partial charge in [-0.25, -0.2) is 0 Å². The molecule has 1 aliphatic rings. The SMILES string of the molecule is CC1(C)OB(C(CC(=O)O)c2cccc(O)c2)OC1(C)C. The zero-order valence-electron chi connectivity index (χ0n) is 12.8. The number of phenols is 1.